The van der Waals surface area contributed by atoms with Gasteiger partial charge in [0.25, 0.3) is 5.91 Å². The number of aryl methyl sites for hydroxylation is 2. The van der Waals surface area contributed by atoms with Crippen molar-refractivity contribution in [1.82, 2.24) is 9.62 Å². The Kier molecular flexibility index (Phi) is 9.71. The van der Waals surface area contributed by atoms with Crippen LogP contribution in [0, 0.1) is 24.7 Å². The van der Waals surface area contributed by atoms with E-state index in [-0.39, 0.29) is 29.3 Å². The predicted octanol–water partition coefficient (Wildman–Crippen LogP) is 5.89. The number of likely N-dealkylation sites (tertiary alicyclic amines) is 1. The lowest BCUT2D eigenvalue weighted by molar-refractivity contribution is -0.0223. The maximum Gasteiger partial charge on any atom is 0.330 e. The minimum atomic E-state index is -3.42. The van der Waals surface area contributed by atoms with Gasteiger partial charge in [-0.05, 0) is 98.9 Å². The van der Waals surface area contributed by atoms with Crippen LogP contribution in [0.1, 0.15) is 78.9 Å². The van der Waals surface area contributed by atoms with Crippen LogP contribution in [0.15, 0.2) is 40.8 Å². The summed E-state index contributed by atoms with van der Waals surface area (Å²) in [5.41, 5.74) is 5.10. The highest BCUT2D eigenvalue weighted by molar-refractivity contribution is 7.92. The topological polar surface area (TPSA) is 110 Å². The van der Waals surface area contributed by atoms with Crippen molar-refractivity contribution in [2.24, 2.45) is 22.1 Å². The van der Waals surface area contributed by atoms with Crippen LogP contribution >= 0.6 is 0 Å². The summed E-state index contributed by atoms with van der Waals surface area (Å²) >= 11 is 0. The molecule has 3 aliphatic heterocycles. The number of hydrogen-bond donors (Lipinski definition) is 1. The average molecular weight is 693 g/mol. The third kappa shape index (κ3) is 6.95. The van der Waals surface area contributed by atoms with Crippen LogP contribution in [0.3, 0.4) is 0 Å². The van der Waals surface area contributed by atoms with E-state index in [9.17, 15) is 13.8 Å². The number of fused-ring (bicyclic) bond motifs is 4. The van der Waals surface area contributed by atoms with E-state index in [1.165, 1.54) is 16.7 Å². The number of amides is 3. The quantitative estimate of drug-likeness (QED) is 0.427. The van der Waals surface area contributed by atoms with Crippen molar-refractivity contribution in [2.45, 2.75) is 82.8 Å². The van der Waals surface area contributed by atoms with Gasteiger partial charge in [-0.15, -0.1) is 4.36 Å². The molecule has 0 aromatic heterocycles. The summed E-state index contributed by atoms with van der Waals surface area (Å²) in [6.45, 7) is 7.20. The van der Waals surface area contributed by atoms with Crippen LogP contribution in [0.4, 0.5) is 10.5 Å². The lowest BCUT2D eigenvalue weighted by Gasteiger charge is -2.46. The standard InChI is InChI=1S/C38H52N4O6S/c1-25-10-14-32-27(17-25)8-6-16-38(32)23-42-19-29-11-13-31(29)34(47-4)9-5-7-26(2)22-49(45,40-37(44)41-20-30(21-41)46-3)39-36(43)28-12-15-35(48-24-38)33(42)18-28/h10,12,14-15,17-18,26,29-31,34H,5-9,11,13,16,19-24H2,1-4H3,(H,39,40,43,44,45)/t26-,29-,31+,34-,38-,49?/m0/s1. The fraction of sp³-hybridized carbons (Fsp3) is 0.632. The maximum atomic E-state index is 14.4. The van der Waals surface area contributed by atoms with E-state index in [1.807, 2.05) is 26.2 Å². The molecule has 49 heavy (non-hydrogen) atoms. The van der Waals surface area contributed by atoms with Gasteiger partial charge in [0.15, 0.2) is 0 Å². The molecule has 266 valence electrons. The summed E-state index contributed by atoms with van der Waals surface area (Å²) in [4.78, 5) is 31.1. The van der Waals surface area contributed by atoms with Crippen molar-refractivity contribution in [2.75, 3.05) is 57.7 Å². The highest BCUT2D eigenvalue weighted by Gasteiger charge is 2.44. The fourth-order valence-corrected chi connectivity index (χ4v) is 10.8. The summed E-state index contributed by atoms with van der Waals surface area (Å²) in [7, 11) is 0.0184. The summed E-state index contributed by atoms with van der Waals surface area (Å²) < 4.78 is 39.5. The average Bonchev–Trinajstić information content (AvgIpc) is 3.18. The van der Waals surface area contributed by atoms with Crippen LogP contribution in [-0.2, 0) is 31.2 Å². The summed E-state index contributed by atoms with van der Waals surface area (Å²) in [6, 6.07) is 11.8. The van der Waals surface area contributed by atoms with Gasteiger partial charge in [0, 0.05) is 38.3 Å². The molecule has 1 spiro atoms. The van der Waals surface area contributed by atoms with Crippen LogP contribution in [-0.4, -0.2) is 86.0 Å². The molecule has 6 atom stereocenters. The zero-order valence-corrected chi connectivity index (χ0v) is 30.3. The van der Waals surface area contributed by atoms with Gasteiger partial charge in [0.05, 0.1) is 43.3 Å². The molecule has 2 bridgehead atoms. The van der Waals surface area contributed by atoms with Crippen molar-refractivity contribution in [1.29, 1.82) is 0 Å². The molecule has 7 rings (SSSR count). The zero-order chi connectivity index (χ0) is 34.3. The maximum absolute atomic E-state index is 14.4. The Labute approximate surface area is 291 Å². The van der Waals surface area contributed by atoms with E-state index in [1.54, 1.807) is 18.1 Å². The summed E-state index contributed by atoms with van der Waals surface area (Å²) in [5.74, 6) is 1.15. The molecule has 1 saturated carbocycles. The Morgan fingerprint density at radius 2 is 1.88 bits per heavy atom. The van der Waals surface area contributed by atoms with Gasteiger partial charge in [0.1, 0.15) is 15.7 Å². The fourth-order valence-electron chi connectivity index (χ4n) is 8.89. The minimum Gasteiger partial charge on any atom is -0.490 e. The van der Waals surface area contributed by atoms with Gasteiger partial charge in [-0.1, -0.05) is 37.1 Å². The van der Waals surface area contributed by atoms with Crippen molar-refractivity contribution in [3.8, 4) is 5.75 Å². The van der Waals surface area contributed by atoms with E-state index in [0.29, 0.717) is 37.1 Å². The highest BCUT2D eigenvalue weighted by Crippen LogP contribution is 2.47. The monoisotopic (exact) mass is 692 g/mol. The number of urea groups is 1. The third-order valence-electron chi connectivity index (χ3n) is 11.8. The van der Waals surface area contributed by atoms with Gasteiger partial charge >= 0.3 is 6.03 Å². The highest BCUT2D eigenvalue weighted by atomic mass is 32.2. The summed E-state index contributed by atoms with van der Waals surface area (Å²) in [5, 5.41) is 0. The third-order valence-corrected chi connectivity index (χ3v) is 13.8. The van der Waals surface area contributed by atoms with E-state index < -0.39 is 21.9 Å². The first kappa shape index (κ1) is 34.3. The van der Waals surface area contributed by atoms with E-state index >= 15 is 0 Å². The molecule has 1 unspecified atom stereocenters. The number of benzene rings is 2. The number of methoxy groups -OCH3 is 2. The molecule has 2 fully saturated rings. The lowest BCUT2D eigenvalue weighted by atomic mass is 9.68. The number of hydrogen-bond acceptors (Lipinski definition) is 7. The number of ether oxygens (including phenoxy) is 3. The van der Waals surface area contributed by atoms with Crippen LogP contribution in [0.25, 0.3) is 0 Å². The first-order valence-electron chi connectivity index (χ1n) is 18.1. The Bertz CT molecular complexity index is 1700. The second-order valence-corrected chi connectivity index (χ2v) is 17.3. The second kappa shape index (κ2) is 13.9. The Balaban J connectivity index is 1.27. The van der Waals surface area contributed by atoms with E-state index in [0.717, 1.165) is 75.9 Å². The van der Waals surface area contributed by atoms with Gasteiger partial charge in [-0.25, -0.2) is 9.00 Å². The lowest BCUT2D eigenvalue weighted by Crippen LogP contribution is -2.58. The molecule has 5 aliphatic rings. The molecular formula is C38H52N4O6S. The summed E-state index contributed by atoms with van der Waals surface area (Å²) in [6.07, 6.45) is 8.22. The van der Waals surface area contributed by atoms with Crippen molar-refractivity contribution in [3.63, 3.8) is 0 Å². The number of nitrogens with zero attached hydrogens (tertiary/aromatic N) is 3. The smallest absolute Gasteiger partial charge is 0.330 e. The number of carbonyl (C=O) groups excluding carboxylic acids is 2. The van der Waals surface area contributed by atoms with Gasteiger partial charge in [0.2, 0.25) is 0 Å². The van der Waals surface area contributed by atoms with Crippen molar-refractivity contribution >= 4 is 27.5 Å². The number of rotatable bonds is 3. The van der Waals surface area contributed by atoms with Crippen LogP contribution in [0.5, 0.6) is 5.75 Å². The molecule has 10 nitrogen and oxygen atoms in total. The molecule has 2 aliphatic carbocycles. The first-order chi connectivity index (χ1) is 23.6. The van der Waals surface area contributed by atoms with Crippen LogP contribution < -0.4 is 14.4 Å². The Morgan fingerprint density at radius 3 is 2.63 bits per heavy atom. The SMILES string of the molecule is COC1CN(C(=O)NS2(=O)=NC(=O)c3ccc4c(c3)N(C[C@@H]3CC[C@H]3[C@@H](OC)CCC[C@H](C)C2)C[C@@]2(CCCc3cc(C)ccc32)CO4)C1. The molecule has 1 N–H and O–H groups in total. The van der Waals surface area contributed by atoms with E-state index in [2.05, 4.69) is 39.1 Å². The van der Waals surface area contributed by atoms with Gasteiger partial charge in [-0.3, -0.25) is 9.52 Å². The van der Waals surface area contributed by atoms with Crippen LogP contribution in [0.2, 0.25) is 0 Å². The molecule has 1 saturated heterocycles. The number of nitrogens with one attached hydrogen (secondary N) is 1. The van der Waals surface area contributed by atoms with E-state index in [4.69, 9.17) is 14.2 Å². The Hall–Kier alpha value is -3.15. The zero-order valence-electron chi connectivity index (χ0n) is 29.4. The van der Waals surface area contributed by atoms with Gasteiger partial charge < -0.3 is 24.0 Å². The molecule has 3 heterocycles. The Morgan fingerprint density at radius 1 is 1.04 bits per heavy atom. The number of carbonyl (C=O) groups is 2. The normalized spacial score (nSPS) is 32.0. The first-order valence-corrected chi connectivity index (χ1v) is 19.8. The predicted molar refractivity (Wildman–Crippen MR) is 191 cm³/mol. The minimum absolute atomic E-state index is 0.0238. The second-order valence-electron chi connectivity index (χ2n) is 15.3. The largest absolute Gasteiger partial charge is 0.490 e. The molecule has 3 amide bonds. The molecule has 0 radical (unpaired) electrons. The number of anilines is 1. The molecule has 2 aromatic rings. The molecular weight excluding hydrogens is 641 g/mol. The van der Waals surface area contributed by atoms with Gasteiger partial charge in [-0.2, -0.15) is 0 Å². The van der Waals surface area contributed by atoms with Crippen molar-refractivity contribution in [3.05, 3.63) is 58.7 Å². The molecule has 2 aromatic carbocycles. The molecule has 11 heteroatoms. The van der Waals surface area contributed by atoms with Crippen molar-refractivity contribution < 1.29 is 28.0 Å².